The predicted molar refractivity (Wildman–Crippen MR) is 85.1 cm³/mol. The van der Waals surface area contributed by atoms with Crippen LogP contribution in [-0.2, 0) is 6.42 Å². The Bertz CT molecular complexity index is 439. The second kappa shape index (κ2) is 8.63. The van der Waals surface area contributed by atoms with E-state index in [0.29, 0.717) is 18.6 Å². The summed E-state index contributed by atoms with van der Waals surface area (Å²) < 4.78 is 5.41. The molecule has 110 valence electrons. The van der Waals surface area contributed by atoms with Gasteiger partial charge in [0.15, 0.2) is 0 Å². The molecular formula is C17H26N2O. The van der Waals surface area contributed by atoms with E-state index in [4.69, 9.17) is 11.2 Å². The molecule has 0 bridgehead atoms. The van der Waals surface area contributed by atoms with Crippen molar-refractivity contribution in [2.45, 2.75) is 32.4 Å². The maximum absolute atomic E-state index is 5.41. The number of benzene rings is 1. The molecule has 3 nitrogen and oxygen atoms in total. The van der Waals surface area contributed by atoms with Crippen LogP contribution in [0.25, 0.3) is 0 Å². The maximum Gasteiger partial charge on any atom is 0.122 e. The van der Waals surface area contributed by atoms with Crippen molar-refractivity contribution in [2.75, 3.05) is 27.2 Å². The minimum Gasteiger partial charge on any atom is -0.496 e. The SMILES string of the molecule is C#CCNCC(C)N(C)C(C)Cc1ccccc1OC. The van der Waals surface area contributed by atoms with Gasteiger partial charge < -0.3 is 10.1 Å². The number of terminal acetylenes is 1. The summed E-state index contributed by atoms with van der Waals surface area (Å²) in [6, 6.07) is 9.08. The van der Waals surface area contributed by atoms with Gasteiger partial charge >= 0.3 is 0 Å². The second-order valence-corrected chi connectivity index (χ2v) is 5.21. The highest BCUT2D eigenvalue weighted by Gasteiger charge is 2.17. The van der Waals surface area contributed by atoms with E-state index in [1.54, 1.807) is 7.11 Å². The molecule has 20 heavy (non-hydrogen) atoms. The molecule has 0 heterocycles. The van der Waals surface area contributed by atoms with E-state index in [2.05, 4.69) is 49.2 Å². The summed E-state index contributed by atoms with van der Waals surface area (Å²) in [5.41, 5.74) is 1.25. The van der Waals surface area contributed by atoms with Gasteiger partial charge in [-0.3, -0.25) is 4.90 Å². The number of nitrogens with zero attached hydrogens (tertiary/aromatic N) is 1. The van der Waals surface area contributed by atoms with E-state index in [1.807, 2.05) is 12.1 Å². The fourth-order valence-corrected chi connectivity index (χ4v) is 2.27. The van der Waals surface area contributed by atoms with Gasteiger partial charge in [0.25, 0.3) is 0 Å². The van der Waals surface area contributed by atoms with Gasteiger partial charge in [0, 0.05) is 18.6 Å². The zero-order chi connectivity index (χ0) is 15.0. The van der Waals surface area contributed by atoms with Crippen molar-refractivity contribution in [1.82, 2.24) is 10.2 Å². The van der Waals surface area contributed by atoms with Crippen LogP contribution in [0.5, 0.6) is 5.75 Å². The fourth-order valence-electron chi connectivity index (χ4n) is 2.27. The van der Waals surface area contributed by atoms with Crippen LogP contribution in [-0.4, -0.2) is 44.2 Å². The van der Waals surface area contributed by atoms with E-state index in [9.17, 15) is 0 Å². The zero-order valence-electron chi connectivity index (χ0n) is 13.0. The first-order valence-corrected chi connectivity index (χ1v) is 7.08. The Morgan fingerprint density at radius 1 is 1.30 bits per heavy atom. The van der Waals surface area contributed by atoms with Crippen LogP contribution in [0, 0.1) is 12.3 Å². The third kappa shape index (κ3) is 4.88. The Kier molecular flexibility index (Phi) is 7.14. The number of rotatable bonds is 8. The van der Waals surface area contributed by atoms with Crippen LogP contribution in [0.3, 0.4) is 0 Å². The molecule has 0 saturated carbocycles. The first-order chi connectivity index (χ1) is 9.60. The van der Waals surface area contributed by atoms with Gasteiger partial charge in [-0.05, 0) is 38.9 Å². The third-order valence-corrected chi connectivity index (χ3v) is 3.77. The number of likely N-dealkylation sites (N-methyl/N-ethyl adjacent to an activating group) is 1. The van der Waals surface area contributed by atoms with E-state index in [0.717, 1.165) is 18.7 Å². The normalized spacial score (nSPS) is 13.8. The minimum absolute atomic E-state index is 0.438. The Labute approximate surface area is 123 Å². The highest BCUT2D eigenvalue weighted by atomic mass is 16.5. The van der Waals surface area contributed by atoms with E-state index >= 15 is 0 Å². The molecule has 2 unspecified atom stereocenters. The van der Waals surface area contributed by atoms with Crippen LogP contribution in [0.1, 0.15) is 19.4 Å². The highest BCUT2D eigenvalue weighted by molar-refractivity contribution is 5.33. The molecule has 2 atom stereocenters. The lowest BCUT2D eigenvalue weighted by molar-refractivity contribution is 0.191. The van der Waals surface area contributed by atoms with Crippen LogP contribution in [0.4, 0.5) is 0 Å². The number of methoxy groups -OCH3 is 1. The van der Waals surface area contributed by atoms with Gasteiger partial charge in [-0.15, -0.1) is 6.42 Å². The van der Waals surface area contributed by atoms with Gasteiger partial charge in [0.1, 0.15) is 5.75 Å². The highest BCUT2D eigenvalue weighted by Crippen LogP contribution is 2.20. The summed E-state index contributed by atoms with van der Waals surface area (Å²) in [6.45, 7) is 5.97. The zero-order valence-corrected chi connectivity index (χ0v) is 13.0. The number of ether oxygens (including phenoxy) is 1. The van der Waals surface area contributed by atoms with Gasteiger partial charge in [-0.1, -0.05) is 24.1 Å². The van der Waals surface area contributed by atoms with E-state index in [1.165, 1.54) is 5.56 Å². The number of para-hydroxylation sites is 1. The Hall–Kier alpha value is -1.50. The lowest BCUT2D eigenvalue weighted by Gasteiger charge is -2.31. The molecule has 0 radical (unpaired) electrons. The van der Waals surface area contributed by atoms with E-state index in [-0.39, 0.29) is 0 Å². The van der Waals surface area contributed by atoms with Gasteiger partial charge in [0.2, 0.25) is 0 Å². The average molecular weight is 274 g/mol. The summed E-state index contributed by atoms with van der Waals surface area (Å²) in [7, 11) is 3.88. The van der Waals surface area contributed by atoms with E-state index < -0.39 is 0 Å². The molecule has 0 amide bonds. The molecule has 0 fully saturated rings. The molecule has 1 N–H and O–H groups in total. The van der Waals surface area contributed by atoms with Crippen molar-refractivity contribution in [3.05, 3.63) is 29.8 Å². The summed E-state index contributed by atoms with van der Waals surface area (Å²) >= 11 is 0. The summed E-state index contributed by atoms with van der Waals surface area (Å²) in [4.78, 5) is 2.37. The monoisotopic (exact) mass is 274 g/mol. The van der Waals surface area contributed by atoms with Crippen molar-refractivity contribution in [2.24, 2.45) is 0 Å². The van der Waals surface area contributed by atoms with Gasteiger partial charge in [-0.2, -0.15) is 0 Å². The molecule has 0 aliphatic heterocycles. The average Bonchev–Trinajstić information content (AvgIpc) is 2.47. The molecule has 3 heteroatoms. The summed E-state index contributed by atoms with van der Waals surface area (Å²) in [5.74, 6) is 3.56. The molecule has 1 rings (SSSR count). The Balaban J connectivity index is 2.56. The van der Waals surface area contributed by atoms with Gasteiger partial charge in [-0.25, -0.2) is 0 Å². The Morgan fingerprint density at radius 3 is 2.65 bits per heavy atom. The predicted octanol–water partition coefficient (Wildman–Crippen LogP) is 2.17. The largest absolute Gasteiger partial charge is 0.496 e. The topological polar surface area (TPSA) is 24.5 Å². The molecule has 0 spiro atoms. The molecule has 0 aromatic heterocycles. The second-order valence-electron chi connectivity index (χ2n) is 5.21. The summed E-state index contributed by atoms with van der Waals surface area (Å²) in [5, 5.41) is 3.25. The molecule has 0 aliphatic rings. The lowest BCUT2D eigenvalue weighted by Crippen LogP contribution is -2.43. The molecule has 0 aliphatic carbocycles. The van der Waals surface area contributed by atoms with Crippen molar-refractivity contribution in [3.8, 4) is 18.1 Å². The third-order valence-electron chi connectivity index (χ3n) is 3.77. The summed E-state index contributed by atoms with van der Waals surface area (Å²) in [6.07, 6.45) is 6.22. The number of nitrogens with one attached hydrogen (secondary N) is 1. The van der Waals surface area contributed by atoms with Crippen LogP contribution >= 0.6 is 0 Å². The lowest BCUT2D eigenvalue weighted by atomic mass is 10.0. The smallest absolute Gasteiger partial charge is 0.122 e. The maximum atomic E-state index is 5.41. The van der Waals surface area contributed by atoms with Crippen molar-refractivity contribution in [3.63, 3.8) is 0 Å². The molecule has 1 aromatic rings. The minimum atomic E-state index is 0.438. The van der Waals surface area contributed by atoms with Crippen LogP contribution < -0.4 is 10.1 Å². The van der Waals surface area contributed by atoms with Gasteiger partial charge in [0.05, 0.1) is 13.7 Å². The molecule has 1 aromatic carbocycles. The number of hydrogen-bond acceptors (Lipinski definition) is 3. The van der Waals surface area contributed by atoms with Crippen LogP contribution in [0.2, 0.25) is 0 Å². The van der Waals surface area contributed by atoms with Crippen molar-refractivity contribution >= 4 is 0 Å². The first kappa shape index (κ1) is 16.6. The molecular weight excluding hydrogens is 248 g/mol. The fraction of sp³-hybridized carbons (Fsp3) is 0.529. The first-order valence-electron chi connectivity index (χ1n) is 7.08. The van der Waals surface area contributed by atoms with Crippen LogP contribution in [0.15, 0.2) is 24.3 Å². The standard InChI is InChI=1S/C17H26N2O/c1-6-11-18-13-15(3)19(4)14(2)12-16-9-7-8-10-17(16)20-5/h1,7-10,14-15,18H,11-13H2,2-5H3. The quantitative estimate of drug-likeness (QED) is 0.581. The van der Waals surface area contributed by atoms with Crippen molar-refractivity contribution < 1.29 is 4.74 Å². The number of hydrogen-bond donors (Lipinski definition) is 1. The van der Waals surface area contributed by atoms with Crippen molar-refractivity contribution in [1.29, 1.82) is 0 Å². The molecule has 0 saturated heterocycles. The Morgan fingerprint density at radius 2 is 2.00 bits per heavy atom.